The van der Waals surface area contributed by atoms with Crippen molar-refractivity contribution in [3.63, 3.8) is 0 Å². The minimum absolute atomic E-state index is 0.665. The van der Waals surface area contributed by atoms with Crippen molar-refractivity contribution in [1.82, 2.24) is 29.9 Å². The predicted molar refractivity (Wildman–Crippen MR) is 287 cm³/mol. The van der Waals surface area contributed by atoms with Crippen LogP contribution >= 0.6 is 0 Å². The number of aromatic nitrogens is 6. The molecule has 326 valence electrons. The highest BCUT2D eigenvalue weighted by Gasteiger charge is 2.16. The molecule has 4 heterocycles. The molecular weight excluding hydrogens is 853 g/mol. The average Bonchev–Trinajstić information content (AvgIpc) is 3.44. The minimum Gasteiger partial charge on any atom is -0.256 e. The van der Waals surface area contributed by atoms with Crippen LogP contribution in [0.5, 0.6) is 0 Å². The first kappa shape index (κ1) is 40.7. The van der Waals surface area contributed by atoms with Gasteiger partial charge < -0.3 is 0 Å². The lowest BCUT2D eigenvalue weighted by molar-refractivity contribution is 1.18. The van der Waals surface area contributed by atoms with Gasteiger partial charge in [0.1, 0.15) is 0 Å². The fourth-order valence-electron chi connectivity index (χ4n) is 9.53. The maximum Gasteiger partial charge on any atom is 0.160 e. The molecule has 70 heavy (non-hydrogen) atoms. The van der Waals surface area contributed by atoms with Crippen LogP contribution in [0.15, 0.2) is 243 Å². The zero-order chi connectivity index (χ0) is 46.4. The fourth-order valence-corrected chi connectivity index (χ4v) is 9.53. The number of hydrogen-bond acceptors (Lipinski definition) is 6. The van der Waals surface area contributed by atoms with Gasteiger partial charge in [0.2, 0.25) is 0 Å². The molecule has 0 saturated heterocycles. The van der Waals surface area contributed by atoms with Crippen LogP contribution in [0.4, 0.5) is 0 Å². The average molecular weight is 893 g/mol. The Bertz CT molecular complexity index is 4100. The van der Waals surface area contributed by atoms with E-state index in [9.17, 15) is 0 Å². The Hall–Kier alpha value is -9.52. The smallest absolute Gasteiger partial charge is 0.160 e. The van der Waals surface area contributed by atoms with Crippen LogP contribution in [-0.4, -0.2) is 29.9 Å². The van der Waals surface area contributed by atoms with Crippen molar-refractivity contribution < 1.29 is 0 Å². The lowest BCUT2D eigenvalue weighted by Gasteiger charge is -2.12. The van der Waals surface area contributed by atoms with E-state index in [4.69, 9.17) is 29.9 Å². The van der Waals surface area contributed by atoms with Gasteiger partial charge >= 0.3 is 0 Å². The second-order valence-corrected chi connectivity index (χ2v) is 17.5. The van der Waals surface area contributed by atoms with E-state index in [0.717, 1.165) is 111 Å². The molecule has 0 radical (unpaired) electrons. The van der Waals surface area contributed by atoms with Crippen molar-refractivity contribution in [2.24, 2.45) is 0 Å². The molecule has 0 fully saturated rings. The molecule has 0 atom stereocenters. The Kier molecular flexibility index (Phi) is 10.1. The first-order valence-corrected chi connectivity index (χ1v) is 23.4. The molecule has 13 rings (SSSR count). The van der Waals surface area contributed by atoms with E-state index in [1.165, 1.54) is 10.8 Å². The Labute approximate surface area is 404 Å². The number of fused-ring (bicyclic) bond motifs is 4. The second kappa shape index (κ2) is 17.3. The number of rotatable bonds is 8. The second-order valence-electron chi connectivity index (χ2n) is 17.5. The van der Waals surface area contributed by atoms with Crippen molar-refractivity contribution >= 4 is 43.4 Å². The Morgan fingerprint density at radius 3 is 1.07 bits per heavy atom. The topological polar surface area (TPSA) is 77.3 Å². The summed E-state index contributed by atoms with van der Waals surface area (Å²) < 4.78 is 0. The van der Waals surface area contributed by atoms with E-state index >= 15 is 0 Å². The van der Waals surface area contributed by atoms with Gasteiger partial charge in [-0.3, -0.25) is 9.97 Å². The van der Waals surface area contributed by atoms with Crippen LogP contribution in [0, 0.1) is 0 Å². The number of nitrogens with zero attached hydrogens (tertiary/aromatic N) is 6. The molecule has 0 aliphatic rings. The highest BCUT2D eigenvalue weighted by molar-refractivity contribution is 5.95. The summed E-state index contributed by atoms with van der Waals surface area (Å²) in [4.78, 5) is 30.2. The summed E-state index contributed by atoms with van der Waals surface area (Å²) in [5.74, 6) is 1.34. The molecule has 4 aromatic heterocycles. The number of pyridine rings is 2. The first-order chi connectivity index (χ1) is 34.6. The van der Waals surface area contributed by atoms with Crippen molar-refractivity contribution in [2.75, 3.05) is 0 Å². The molecule has 9 aromatic carbocycles. The van der Waals surface area contributed by atoms with E-state index in [0.29, 0.717) is 11.6 Å². The summed E-state index contributed by atoms with van der Waals surface area (Å²) >= 11 is 0. The van der Waals surface area contributed by atoms with Crippen LogP contribution < -0.4 is 0 Å². The van der Waals surface area contributed by atoms with E-state index in [-0.39, 0.29) is 0 Å². The molecule has 0 saturated carbocycles. The Morgan fingerprint density at radius 2 is 0.571 bits per heavy atom. The number of hydrogen-bond donors (Lipinski definition) is 0. The van der Waals surface area contributed by atoms with Crippen LogP contribution in [0.25, 0.3) is 133 Å². The number of benzene rings is 9. The first-order valence-electron chi connectivity index (χ1n) is 23.4. The standard InChI is InChI=1S/C64H40N6/c1-3-11-51-37-53(33-23-41(51)9-1)63-67-57(39-58(68-63)48-31-25-45(26-32-48)55-17-5-13-49-15-7-35-65-61(49)55)46-27-19-43(20-28-46)44-21-29-47(30-22-44)59-40-60(56-18-6-14-50-16-8-36-66-62(50)56)70-64(69-59)54-34-24-42-10-2-4-12-52(42)38-54/h1-40H. The maximum atomic E-state index is 5.21. The minimum atomic E-state index is 0.665. The molecule has 0 aliphatic heterocycles. The van der Waals surface area contributed by atoms with E-state index in [2.05, 4.69) is 218 Å². The molecule has 6 heteroatoms. The van der Waals surface area contributed by atoms with E-state index < -0.39 is 0 Å². The zero-order valence-corrected chi connectivity index (χ0v) is 37.8. The van der Waals surface area contributed by atoms with Crippen LogP contribution in [0.2, 0.25) is 0 Å². The largest absolute Gasteiger partial charge is 0.256 e. The lowest BCUT2D eigenvalue weighted by Crippen LogP contribution is -1.97. The molecule has 0 aliphatic carbocycles. The molecule has 6 nitrogen and oxygen atoms in total. The van der Waals surface area contributed by atoms with Crippen LogP contribution in [-0.2, 0) is 0 Å². The quantitative estimate of drug-likeness (QED) is 0.151. The van der Waals surface area contributed by atoms with E-state index in [1.54, 1.807) is 0 Å². The third-order valence-corrected chi connectivity index (χ3v) is 13.2. The highest BCUT2D eigenvalue weighted by atomic mass is 14.9. The van der Waals surface area contributed by atoms with Crippen molar-refractivity contribution in [3.8, 4) is 90.1 Å². The molecule has 0 bridgehead atoms. The third-order valence-electron chi connectivity index (χ3n) is 13.2. The van der Waals surface area contributed by atoms with Gasteiger partial charge in [-0.2, -0.15) is 0 Å². The van der Waals surface area contributed by atoms with Gasteiger partial charge in [-0.15, -0.1) is 0 Å². The van der Waals surface area contributed by atoms with E-state index in [1.807, 2.05) is 24.5 Å². The summed E-state index contributed by atoms with van der Waals surface area (Å²) in [6.07, 6.45) is 3.69. The summed E-state index contributed by atoms with van der Waals surface area (Å²) in [6, 6.07) is 80.4. The fraction of sp³-hybridized carbons (Fsp3) is 0. The van der Waals surface area contributed by atoms with Gasteiger partial charge in [-0.25, -0.2) is 19.9 Å². The van der Waals surface area contributed by atoms with Crippen molar-refractivity contribution in [1.29, 1.82) is 0 Å². The zero-order valence-electron chi connectivity index (χ0n) is 37.8. The Balaban J connectivity index is 0.845. The SMILES string of the molecule is c1ccc2cc(-c3nc(-c4ccc(-c5ccc(-c6cc(-c7cccc8cccnc78)nc(-c7ccc8ccccc8c7)n6)cc5)cc4)cc(-c4ccc(-c5cccc6cccnc56)cc4)n3)ccc2c1. The van der Waals surface area contributed by atoms with Gasteiger partial charge in [0.25, 0.3) is 0 Å². The van der Waals surface area contributed by atoms with Gasteiger partial charge in [-0.1, -0.05) is 194 Å². The summed E-state index contributed by atoms with van der Waals surface area (Å²) in [5.41, 5.74) is 15.5. The maximum absolute atomic E-state index is 5.21. The molecule has 0 amide bonds. The van der Waals surface area contributed by atoms with Crippen LogP contribution in [0.3, 0.4) is 0 Å². The lowest BCUT2D eigenvalue weighted by atomic mass is 9.98. The molecule has 0 spiro atoms. The van der Waals surface area contributed by atoms with Gasteiger partial charge in [-0.05, 0) is 74.6 Å². The van der Waals surface area contributed by atoms with Gasteiger partial charge in [0.15, 0.2) is 11.6 Å². The molecule has 13 aromatic rings. The molecular formula is C64H40N6. The summed E-state index contributed by atoms with van der Waals surface area (Å²) in [7, 11) is 0. The van der Waals surface area contributed by atoms with Crippen molar-refractivity contribution in [2.45, 2.75) is 0 Å². The normalized spacial score (nSPS) is 11.4. The summed E-state index contributed by atoms with van der Waals surface area (Å²) in [5, 5.41) is 6.82. The monoisotopic (exact) mass is 892 g/mol. The third kappa shape index (κ3) is 7.69. The summed E-state index contributed by atoms with van der Waals surface area (Å²) in [6.45, 7) is 0. The Morgan fingerprint density at radius 1 is 0.214 bits per heavy atom. The molecule has 0 unspecified atom stereocenters. The molecule has 0 N–H and O–H groups in total. The van der Waals surface area contributed by atoms with Gasteiger partial charge in [0.05, 0.1) is 33.8 Å². The predicted octanol–water partition coefficient (Wildman–Crippen LogP) is 16.0. The highest BCUT2D eigenvalue weighted by Crippen LogP contribution is 2.36. The van der Waals surface area contributed by atoms with Crippen molar-refractivity contribution in [3.05, 3.63) is 243 Å². The number of para-hydroxylation sites is 2. The van der Waals surface area contributed by atoms with Crippen LogP contribution in [0.1, 0.15) is 0 Å². The van der Waals surface area contributed by atoms with Gasteiger partial charge in [0, 0.05) is 62.1 Å².